The summed E-state index contributed by atoms with van der Waals surface area (Å²) >= 11 is 0. The van der Waals surface area contributed by atoms with Gasteiger partial charge in [0, 0.05) is 0 Å². The van der Waals surface area contributed by atoms with Crippen LogP contribution in [0.1, 0.15) is 40.0 Å². The maximum atomic E-state index is 13.2. The van der Waals surface area contributed by atoms with Crippen molar-refractivity contribution in [3.8, 4) is 0 Å². The van der Waals surface area contributed by atoms with E-state index in [1.54, 1.807) is 6.08 Å². The molecule has 0 aromatic rings. The van der Waals surface area contributed by atoms with Crippen molar-refractivity contribution >= 4 is 16.1 Å². The molecule has 0 fully saturated rings. The SMILES string of the molecule is CCC1(C)CC=CC(C)(OC(=O)C(F)(F)S(=O)(=O)O)C1. The number of alkyl halides is 2. The minimum absolute atomic E-state index is 0.225. The zero-order chi connectivity index (χ0) is 15.8. The summed E-state index contributed by atoms with van der Waals surface area (Å²) in [4.78, 5) is 11.3. The Bertz CT molecular complexity index is 528. The minimum Gasteiger partial charge on any atom is -0.450 e. The largest absolute Gasteiger partial charge is 0.465 e. The van der Waals surface area contributed by atoms with E-state index < -0.39 is 26.9 Å². The summed E-state index contributed by atoms with van der Waals surface area (Å²) in [6, 6.07) is 0. The van der Waals surface area contributed by atoms with E-state index in [2.05, 4.69) is 4.74 Å². The van der Waals surface area contributed by atoms with E-state index in [0.29, 0.717) is 12.8 Å². The van der Waals surface area contributed by atoms with Gasteiger partial charge in [-0.2, -0.15) is 17.2 Å². The van der Waals surface area contributed by atoms with E-state index in [9.17, 15) is 22.0 Å². The Hall–Kier alpha value is -1.02. The molecule has 1 N–H and O–H groups in total. The highest BCUT2D eigenvalue weighted by Gasteiger charge is 2.56. The van der Waals surface area contributed by atoms with Crippen LogP contribution < -0.4 is 0 Å². The number of hydrogen-bond acceptors (Lipinski definition) is 4. The number of carbonyl (C=O) groups excluding carboxylic acids is 1. The van der Waals surface area contributed by atoms with E-state index in [0.717, 1.165) is 6.42 Å². The summed E-state index contributed by atoms with van der Waals surface area (Å²) in [6.45, 7) is 5.27. The number of allylic oxidation sites excluding steroid dienone is 1. The molecule has 0 spiro atoms. The van der Waals surface area contributed by atoms with Crippen molar-refractivity contribution < 1.29 is 31.3 Å². The monoisotopic (exact) mass is 312 g/mol. The highest BCUT2D eigenvalue weighted by atomic mass is 32.2. The van der Waals surface area contributed by atoms with Crippen molar-refractivity contribution in [1.82, 2.24) is 0 Å². The number of carbonyl (C=O) groups is 1. The first-order chi connectivity index (χ1) is 8.85. The van der Waals surface area contributed by atoms with Crippen LogP contribution in [0.25, 0.3) is 0 Å². The maximum absolute atomic E-state index is 13.2. The van der Waals surface area contributed by atoms with Gasteiger partial charge in [-0.05, 0) is 31.3 Å². The van der Waals surface area contributed by atoms with Crippen LogP contribution >= 0.6 is 0 Å². The molecule has 0 saturated carbocycles. The normalized spacial score (nSPS) is 31.1. The second kappa shape index (κ2) is 5.07. The second-order valence-electron chi connectivity index (χ2n) is 5.64. The van der Waals surface area contributed by atoms with E-state index >= 15 is 0 Å². The summed E-state index contributed by atoms with van der Waals surface area (Å²) in [5.74, 6) is -2.27. The Kier molecular flexibility index (Phi) is 4.32. The molecule has 0 bridgehead atoms. The van der Waals surface area contributed by atoms with Gasteiger partial charge >= 0.3 is 21.3 Å². The number of rotatable bonds is 4. The lowest BCUT2D eigenvalue weighted by Gasteiger charge is -2.40. The third-order valence-corrected chi connectivity index (χ3v) is 4.41. The van der Waals surface area contributed by atoms with Crippen LogP contribution in [-0.4, -0.2) is 29.8 Å². The second-order valence-corrected chi connectivity index (χ2v) is 7.10. The Morgan fingerprint density at radius 3 is 2.45 bits per heavy atom. The van der Waals surface area contributed by atoms with Crippen LogP contribution in [0, 0.1) is 5.41 Å². The van der Waals surface area contributed by atoms with Crippen LogP contribution in [0.2, 0.25) is 0 Å². The zero-order valence-electron chi connectivity index (χ0n) is 11.5. The number of esters is 1. The maximum Gasteiger partial charge on any atom is 0.465 e. The van der Waals surface area contributed by atoms with Gasteiger partial charge in [0.25, 0.3) is 0 Å². The molecule has 0 radical (unpaired) electrons. The summed E-state index contributed by atoms with van der Waals surface area (Å²) in [6.07, 6.45) is 4.93. The van der Waals surface area contributed by atoms with Gasteiger partial charge in [0.15, 0.2) is 0 Å². The summed E-state index contributed by atoms with van der Waals surface area (Å²) in [7, 11) is -5.85. The zero-order valence-corrected chi connectivity index (χ0v) is 12.3. The molecule has 20 heavy (non-hydrogen) atoms. The molecule has 1 aliphatic carbocycles. The fourth-order valence-electron chi connectivity index (χ4n) is 2.29. The van der Waals surface area contributed by atoms with Crippen LogP contribution in [0.3, 0.4) is 0 Å². The van der Waals surface area contributed by atoms with E-state index in [1.807, 2.05) is 13.8 Å². The molecule has 0 saturated heterocycles. The lowest BCUT2D eigenvalue weighted by Crippen LogP contribution is -2.46. The molecule has 8 heteroatoms. The van der Waals surface area contributed by atoms with Crippen molar-refractivity contribution in [2.75, 3.05) is 0 Å². The van der Waals surface area contributed by atoms with Crippen molar-refractivity contribution in [3.05, 3.63) is 12.2 Å². The molecule has 0 aromatic heterocycles. The van der Waals surface area contributed by atoms with Crippen molar-refractivity contribution in [2.24, 2.45) is 5.41 Å². The fraction of sp³-hybridized carbons (Fsp3) is 0.750. The minimum atomic E-state index is -5.85. The molecule has 0 aromatic carbocycles. The van der Waals surface area contributed by atoms with E-state index in [-0.39, 0.29) is 5.41 Å². The third kappa shape index (κ3) is 3.35. The first kappa shape index (κ1) is 17.0. The summed E-state index contributed by atoms with van der Waals surface area (Å²) in [5.41, 5.74) is -1.55. The van der Waals surface area contributed by atoms with Gasteiger partial charge in [0.05, 0.1) is 0 Å². The average Bonchev–Trinajstić information content (AvgIpc) is 2.26. The van der Waals surface area contributed by atoms with E-state index in [4.69, 9.17) is 4.55 Å². The third-order valence-electron chi connectivity index (χ3n) is 3.60. The van der Waals surface area contributed by atoms with Crippen LogP contribution in [0.4, 0.5) is 8.78 Å². The Morgan fingerprint density at radius 1 is 1.45 bits per heavy atom. The van der Waals surface area contributed by atoms with Gasteiger partial charge < -0.3 is 4.74 Å². The highest BCUT2D eigenvalue weighted by molar-refractivity contribution is 7.87. The van der Waals surface area contributed by atoms with Gasteiger partial charge in [-0.25, -0.2) is 4.79 Å². The van der Waals surface area contributed by atoms with Crippen molar-refractivity contribution in [1.29, 1.82) is 0 Å². The predicted molar refractivity (Wildman–Crippen MR) is 67.8 cm³/mol. The molecule has 5 nitrogen and oxygen atoms in total. The van der Waals surface area contributed by atoms with Crippen LogP contribution in [0.5, 0.6) is 0 Å². The van der Waals surface area contributed by atoms with Crippen molar-refractivity contribution in [2.45, 2.75) is 50.9 Å². The van der Waals surface area contributed by atoms with E-state index in [1.165, 1.54) is 13.0 Å². The molecule has 0 heterocycles. The predicted octanol–water partition coefficient (Wildman–Crippen LogP) is 2.54. The molecule has 2 unspecified atom stereocenters. The van der Waals surface area contributed by atoms with Gasteiger partial charge in [-0.3, -0.25) is 4.55 Å². The number of halogens is 2. The smallest absolute Gasteiger partial charge is 0.450 e. The van der Waals surface area contributed by atoms with Gasteiger partial charge in [-0.1, -0.05) is 26.3 Å². The Balaban J connectivity index is 2.96. The topological polar surface area (TPSA) is 80.7 Å². The molecular formula is C12H18F2O5S. The molecule has 0 aliphatic heterocycles. The quantitative estimate of drug-likeness (QED) is 0.490. The first-order valence-corrected chi connectivity index (χ1v) is 7.55. The highest BCUT2D eigenvalue weighted by Crippen LogP contribution is 2.42. The Labute approximate surface area is 116 Å². The molecule has 1 aliphatic rings. The molecule has 1 rings (SSSR count). The van der Waals surface area contributed by atoms with Crippen LogP contribution in [0.15, 0.2) is 12.2 Å². The molecule has 2 atom stereocenters. The standard InChI is InChI=1S/C12H18F2O5S/c1-4-10(2)6-5-7-11(3,8-10)19-9(15)12(13,14)20(16,17)18/h5,7H,4,6,8H2,1-3H3,(H,16,17,18). The number of ether oxygens (including phenoxy) is 1. The summed E-state index contributed by atoms with van der Waals surface area (Å²) < 4.78 is 60.4. The molecular weight excluding hydrogens is 294 g/mol. The first-order valence-electron chi connectivity index (χ1n) is 6.11. The van der Waals surface area contributed by atoms with Gasteiger partial charge in [-0.15, -0.1) is 0 Å². The van der Waals surface area contributed by atoms with Crippen LogP contribution in [-0.2, 0) is 19.6 Å². The lowest BCUT2D eigenvalue weighted by atomic mass is 9.71. The van der Waals surface area contributed by atoms with Crippen molar-refractivity contribution in [3.63, 3.8) is 0 Å². The summed E-state index contributed by atoms with van der Waals surface area (Å²) in [5, 5.41) is -4.97. The Morgan fingerprint density at radius 2 is 2.00 bits per heavy atom. The number of hydrogen-bond donors (Lipinski definition) is 1. The van der Waals surface area contributed by atoms with Gasteiger partial charge in [0.1, 0.15) is 5.60 Å². The lowest BCUT2D eigenvalue weighted by molar-refractivity contribution is -0.175. The fourth-order valence-corrected chi connectivity index (χ4v) is 2.54. The average molecular weight is 312 g/mol. The molecule has 116 valence electrons. The molecule has 0 amide bonds. The van der Waals surface area contributed by atoms with Gasteiger partial charge in [0.2, 0.25) is 0 Å².